The zero-order valence-corrected chi connectivity index (χ0v) is 11.4. The lowest BCUT2D eigenvalue weighted by atomic mass is 9.81. The van der Waals surface area contributed by atoms with Crippen molar-refractivity contribution < 1.29 is 13.5 Å². The van der Waals surface area contributed by atoms with Crippen LogP contribution in [0.4, 0.5) is 0 Å². The van der Waals surface area contributed by atoms with Crippen molar-refractivity contribution in [2.75, 3.05) is 18.8 Å². The Morgan fingerprint density at radius 2 is 2.00 bits per heavy atom. The second-order valence-corrected chi connectivity index (χ2v) is 7.80. The van der Waals surface area contributed by atoms with E-state index in [0.717, 1.165) is 0 Å². The van der Waals surface area contributed by atoms with E-state index in [0.29, 0.717) is 13.0 Å². The van der Waals surface area contributed by atoms with Gasteiger partial charge in [-0.25, -0.2) is 8.42 Å². The molecular weight excluding hydrogens is 226 g/mol. The highest BCUT2D eigenvalue weighted by Crippen LogP contribution is 2.31. The average Bonchev–Trinajstić information content (AvgIpc) is 2.07. The van der Waals surface area contributed by atoms with Crippen LogP contribution in [0.15, 0.2) is 0 Å². The fourth-order valence-corrected chi connectivity index (χ4v) is 3.68. The molecule has 1 fully saturated rings. The SMILES string of the molecule is CC(C)CS(=O)(=O)N1CCC(C)(C)C(O)C1. The summed E-state index contributed by atoms with van der Waals surface area (Å²) in [5.74, 6) is 0.289. The van der Waals surface area contributed by atoms with E-state index in [1.165, 1.54) is 4.31 Å². The van der Waals surface area contributed by atoms with Gasteiger partial charge in [0.1, 0.15) is 0 Å². The maximum atomic E-state index is 12.0. The van der Waals surface area contributed by atoms with Crippen molar-refractivity contribution in [1.29, 1.82) is 0 Å². The highest BCUT2D eigenvalue weighted by molar-refractivity contribution is 7.89. The zero-order chi connectivity index (χ0) is 12.6. The van der Waals surface area contributed by atoms with Crippen molar-refractivity contribution in [2.24, 2.45) is 11.3 Å². The van der Waals surface area contributed by atoms with Gasteiger partial charge in [0, 0.05) is 13.1 Å². The summed E-state index contributed by atoms with van der Waals surface area (Å²) in [7, 11) is -3.19. The maximum Gasteiger partial charge on any atom is 0.214 e. The topological polar surface area (TPSA) is 57.6 Å². The fourth-order valence-electron chi connectivity index (χ4n) is 1.89. The monoisotopic (exact) mass is 249 g/mol. The number of sulfonamides is 1. The summed E-state index contributed by atoms with van der Waals surface area (Å²) in [6, 6.07) is 0. The quantitative estimate of drug-likeness (QED) is 0.814. The molecule has 0 bridgehead atoms. The normalized spacial score (nSPS) is 27.2. The lowest BCUT2D eigenvalue weighted by Crippen LogP contribution is -2.51. The predicted molar refractivity (Wildman–Crippen MR) is 64.6 cm³/mol. The van der Waals surface area contributed by atoms with Crippen LogP contribution in [-0.4, -0.2) is 42.8 Å². The number of hydrogen-bond donors (Lipinski definition) is 1. The highest BCUT2D eigenvalue weighted by Gasteiger charge is 2.38. The smallest absolute Gasteiger partial charge is 0.214 e. The van der Waals surface area contributed by atoms with E-state index < -0.39 is 16.1 Å². The molecule has 0 radical (unpaired) electrons. The van der Waals surface area contributed by atoms with Gasteiger partial charge in [-0.1, -0.05) is 27.7 Å². The summed E-state index contributed by atoms with van der Waals surface area (Å²) in [5, 5.41) is 9.90. The molecule has 4 nitrogen and oxygen atoms in total. The zero-order valence-electron chi connectivity index (χ0n) is 10.6. The molecular formula is C11H23NO3S. The Morgan fingerprint density at radius 1 is 1.44 bits per heavy atom. The average molecular weight is 249 g/mol. The standard InChI is InChI=1S/C11H23NO3S/c1-9(2)8-16(14,15)12-6-5-11(3,4)10(13)7-12/h9-10,13H,5-8H2,1-4H3. The summed E-state index contributed by atoms with van der Waals surface area (Å²) >= 11 is 0. The Bertz CT molecular complexity index is 335. The van der Waals surface area contributed by atoms with Gasteiger partial charge in [-0.2, -0.15) is 4.31 Å². The molecule has 1 heterocycles. The molecule has 5 heteroatoms. The minimum Gasteiger partial charge on any atom is -0.391 e. The Morgan fingerprint density at radius 3 is 2.44 bits per heavy atom. The molecule has 0 amide bonds. The third kappa shape index (κ3) is 3.18. The molecule has 1 aliphatic rings. The van der Waals surface area contributed by atoms with Crippen LogP contribution in [0.5, 0.6) is 0 Å². The van der Waals surface area contributed by atoms with E-state index in [2.05, 4.69) is 0 Å². The summed E-state index contributed by atoms with van der Waals surface area (Å²) in [6.45, 7) is 8.50. The molecule has 0 spiro atoms. The lowest BCUT2D eigenvalue weighted by Gasteiger charge is -2.40. The summed E-state index contributed by atoms with van der Waals surface area (Å²) < 4.78 is 25.4. The Labute approximate surface area is 98.7 Å². The molecule has 1 aliphatic heterocycles. The Hall–Kier alpha value is -0.130. The van der Waals surface area contributed by atoms with Gasteiger partial charge in [0.15, 0.2) is 0 Å². The van der Waals surface area contributed by atoms with Crippen LogP contribution in [0.3, 0.4) is 0 Å². The summed E-state index contributed by atoms with van der Waals surface area (Å²) in [4.78, 5) is 0. The number of aliphatic hydroxyl groups is 1. The van der Waals surface area contributed by atoms with E-state index in [4.69, 9.17) is 0 Å². The molecule has 0 aromatic heterocycles. The summed E-state index contributed by atoms with van der Waals surface area (Å²) in [6.07, 6.45) is 0.147. The van der Waals surface area contributed by atoms with Gasteiger partial charge in [-0.05, 0) is 17.8 Å². The molecule has 0 aliphatic carbocycles. The molecule has 1 unspecified atom stereocenters. The molecule has 0 aromatic rings. The molecule has 96 valence electrons. The predicted octanol–water partition coefficient (Wildman–Crippen LogP) is 1.06. The van der Waals surface area contributed by atoms with Gasteiger partial charge < -0.3 is 5.11 Å². The van der Waals surface area contributed by atoms with E-state index in [9.17, 15) is 13.5 Å². The number of β-amino-alcohol motifs (C(OH)–C–C–N with tert-alkyl or cyclic N) is 1. The Kier molecular flexibility index (Phi) is 4.03. The van der Waals surface area contributed by atoms with Gasteiger partial charge in [0.25, 0.3) is 0 Å². The second kappa shape index (κ2) is 4.63. The van der Waals surface area contributed by atoms with Crippen molar-refractivity contribution in [3.8, 4) is 0 Å². The van der Waals surface area contributed by atoms with E-state index >= 15 is 0 Å². The van der Waals surface area contributed by atoms with Crippen LogP contribution in [0.25, 0.3) is 0 Å². The number of aliphatic hydroxyl groups excluding tert-OH is 1. The minimum absolute atomic E-state index is 0.122. The molecule has 0 saturated carbocycles. The first-order valence-electron chi connectivity index (χ1n) is 5.81. The highest BCUT2D eigenvalue weighted by atomic mass is 32.2. The number of nitrogens with zero attached hydrogens (tertiary/aromatic N) is 1. The van der Waals surface area contributed by atoms with Crippen molar-refractivity contribution in [3.63, 3.8) is 0 Å². The van der Waals surface area contributed by atoms with Crippen molar-refractivity contribution in [1.82, 2.24) is 4.31 Å². The van der Waals surface area contributed by atoms with E-state index in [-0.39, 0.29) is 23.6 Å². The fraction of sp³-hybridized carbons (Fsp3) is 1.00. The molecule has 1 saturated heterocycles. The van der Waals surface area contributed by atoms with Crippen molar-refractivity contribution >= 4 is 10.0 Å². The van der Waals surface area contributed by atoms with Gasteiger partial charge >= 0.3 is 0 Å². The van der Waals surface area contributed by atoms with E-state index in [1.54, 1.807) is 0 Å². The third-order valence-corrected chi connectivity index (χ3v) is 5.43. The first kappa shape index (κ1) is 13.9. The molecule has 1 rings (SSSR count). The largest absolute Gasteiger partial charge is 0.391 e. The molecule has 0 aromatic carbocycles. The minimum atomic E-state index is -3.19. The molecule has 1 atom stereocenters. The van der Waals surface area contributed by atoms with E-state index in [1.807, 2.05) is 27.7 Å². The first-order valence-corrected chi connectivity index (χ1v) is 7.42. The molecule has 1 N–H and O–H groups in total. The van der Waals surface area contributed by atoms with Crippen molar-refractivity contribution in [3.05, 3.63) is 0 Å². The van der Waals surface area contributed by atoms with Crippen LogP contribution in [0.2, 0.25) is 0 Å². The van der Waals surface area contributed by atoms with Gasteiger partial charge in [0.2, 0.25) is 10.0 Å². The van der Waals surface area contributed by atoms with Crippen LogP contribution in [0, 0.1) is 11.3 Å². The first-order chi connectivity index (χ1) is 7.15. The number of piperidine rings is 1. The second-order valence-electron chi connectivity index (χ2n) is 5.78. The third-order valence-electron chi connectivity index (χ3n) is 3.22. The number of rotatable bonds is 3. The van der Waals surface area contributed by atoms with Crippen LogP contribution in [-0.2, 0) is 10.0 Å². The lowest BCUT2D eigenvalue weighted by molar-refractivity contribution is -0.000751. The van der Waals surface area contributed by atoms with Crippen LogP contribution >= 0.6 is 0 Å². The van der Waals surface area contributed by atoms with Gasteiger partial charge in [0.05, 0.1) is 11.9 Å². The van der Waals surface area contributed by atoms with Gasteiger partial charge in [-0.15, -0.1) is 0 Å². The van der Waals surface area contributed by atoms with Gasteiger partial charge in [-0.3, -0.25) is 0 Å². The maximum absolute atomic E-state index is 12.0. The summed E-state index contributed by atoms with van der Waals surface area (Å²) in [5.41, 5.74) is -0.177. The van der Waals surface area contributed by atoms with Crippen molar-refractivity contribution in [2.45, 2.75) is 40.2 Å². The van der Waals surface area contributed by atoms with Crippen LogP contribution < -0.4 is 0 Å². The van der Waals surface area contributed by atoms with Crippen LogP contribution in [0.1, 0.15) is 34.1 Å². The molecule has 16 heavy (non-hydrogen) atoms. The number of hydrogen-bond acceptors (Lipinski definition) is 3. The Balaban J connectivity index is 2.71.